The first-order valence-corrected chi connectivity index (χ1v) is 7.25. The Hall–Kier alpha value is -2.56. The molecular weight excluding hydrogens is 282 g/mol. The summed E-state index contributed by atoms with van der Waals surface area (Å²) in [4.78, 5) is 23.2. The van der Waals surface area contributed by atoms with Crippen molar-refractivity contribution in [2.75, 3.05) is 0 Å². The standard InChI is InChI=1S/C17H19NO4/c1-2-15-13(10-11-22-15)17(21)18-14(8-9-16(19)20)12-6-4-3-5-7-12/h3-7,10-11,14H,2,8-9H2,1H3,(H,18,21)(H,19,20). The highest BCUT2D eigenvalue weighted by atomic mass is 16.4. The van der Waals surface area contributed by atoms with E-state index in [0.29, 0.717) is 24.2 Å². The lowest BCUT2D eigenvalue weighted by atomic mass is 10.0. The number of carboxylic acids is 1. The first kappa shape index (κ1) is 15.8. The van der Waals surface area contributed by atoms with E-state index in [-0.39, 0.29) is 18.4 Å². The molecule has 1 aromatic carbocycles. The Kier molecular flexibility index (Phi) is 5.36. The van der Waals surface area contributed by atoms with E-state index in [2.05, 4.69) is 5.32 Å². The Morgan fingerprint density at radius 3 is 2.59 bits per heavy atom. The van der Waals surface area contributed by atoms with Gasteiger partial charge in [0.1, 0.15) is 5.76 Å². The molecule has 5 nitrogen and oxygen atoms in total. The lowest BCUT2D eigenvalue weighted by Crippen LogP contribution is -2.29. The van der Waals surface area contributed by atoms with E-state index in [1.165, 1.54) is 6.26 Å². The zero-order chi connectivity index (χ0) is 15.9. The van der Waals surface area contributed by atoms with Gasteiger partial charge in [-0.15, -0.1) is 0 Å². The van der Waals surface area contributed by atoms with E-state index in [1.54, 1.807) is 6.07 Å². The minimum Gasteiger partial charge on any atom is -0.481 e. The normalized spacial score (nSPS) is 11.9. The van der Waals surface area contributed by atoms with Crippen molar-refractivity contribution >= 4 is 11.9 Å². The van der Waals surface area contributed by atoms with Gasteiger partial charge in [-0.1, -0.05) is 37.3 Å². The largest absolute Gasteiger partial charge is 0.481 e. The molecule has 0 fully saturated rings. The van der Waals surface area contributed by atoms with Crippen molar-refractivity contribution in [1.82, 2.24) is 5.32 Å². The van der Waals surface area contributed by atoms with Gasteiger partial charge in [0.15, 0.2) is 0 Å². The summed E-state index contributed by atoms with van der Waals surface area (Å²) in [6.45, 7) is 1.91. The Balaban J connectivity index is 2.15. The fraction of sp³-hybridized carbons (Fsp3) is 0.294. The molecule has 1 unspecified atom stereocenters. The van der Waals surface area contributed by atoms with E-state index in [0.717, 1.165) is 5.56 Å². The lowest BCUT2D eigenvalue weighted by molar-refractivity contribution is -0.137. The topological polar surface area (TPSA) is 79.5 Å². The molecule has 0 radical (unpaired) electrons. The highest BCUT2D eigenvalue weighted by molar-refractivity contribution is 5.95. The van der Waals surface area contributed by atoms with Crippen LogP contribution < -0.4 is 5.32 Å². The summed E-state index contributed by atoms with van der Waals surface area (Å²) in [6.07, 6.45) is 2.44. The molecule has 0 spiro atoms. The van der Waals surface area contributed by atoms with Gasteiger partial charge >= 0.3 is 5.97 Å². The second kappa shape index (κ2) is 7.45. The number of hydrogen-bond acceptors (Lipinski definition) is 3. The van der Waals surface area contributed by atoms with Gasteiger partial charge < -0.3 is 14.8 Å². The molecule has 1 amide bonds. The van der Waals surface area contributed by atoms with Crippen LogP contribution in [0.2, 0.25) is 0 Å². The van der Waals surface area contributed by atoms with Crippen LogP contribution in [0.3, 0.4) is 0 Å². The highest BCUT2D eigenvalue weighted by Gasteiger charge is 2.19. The molecular formula is C17H19NO4. The third kappa shape index (κ3) is 3.97. The average Bonchev–Trinajstić information content (AvgIpc) is 3.00. The number of aryl methyl sites for hydroxylation is 1. The van der Waals surface area contributed by atoms with Crippen LogP contribution in [0.4, 0.5) is 0 Å². The fourth-order valence-corrected chi connectivity index (χ4v) is 2.33. The van der Waals surface area contributed by atoms with Gasteiger partial charge in [0, 0.05) is 12.8 Å². The molecule has 2 aromatic rings. The van der Waals surface area contributed by atoms with Crippen molar-refractivity contribution in [2.24, 2.45) is 0 Å². The van der Waals surface area contributed by atoms with E-state index >= 15 is 0 Å². The van der Waals surface area contributed by atoms with Crippen molar-refractivity contribution in [3.05, 3.63) is 59.5 Å². The van der Waals surface area contributed by atoms with Crippen LogP contribution in [0.5, 0.6) is 0 Å². The number of rotatable bonds is 7. The third-order valence-corrected chi connectivity index (χ3v) is 3.47. The Morgan fingerprint density at radius 1 is 1.23 bits per heavy atom. The van der Waals surface area contributed by atoms with E-state index in [4.69, 9.17) is 9.52 Å². The molecule has 0 bridgehead atoms. The van der Waals surface area contributed by atoms with Crippen LogP contribution in [0.15, 0.2) is 47.1 Å². The number of carboxylic acid groups (broad SMARTS) is 1. The second-order valence-corrected chi connectivity index (χ2v) is 4.98. The van der Waals surface area contributed by atoms with E-state index in [9.17, 15) is 9.59 Å². The molecule has 22 heavy (non-hydrogen) atoms. The summed E-state index contributed by atoms with van der Waals surface area (Å²) in [5, 5.41) is 11.8. The van der Waals surface area contributed by atoms with Gasteiger partial charge in [-0.2, -0.15) is 0 Å². The van der Waals surface area contributed by atoms with Gasteiger partial charge in [0.2, 0.25) is 0 Å². The summed E-state index contributed by atoms with van der Waals surface area (Å²) in [7, 11) is 0. The average molecular weight is 301 g/mol. The van der Waals surface area contributed by atoms with E-state index in [1.807, 2.05) is 37.3 Å². The fourth-order valence-electron chi connectivity index (χ4n) is 2.33. The van der Waals surface area contributed by atoms with Gasteiger partial charge in [-0.3, -0.25) is 9.59 Å². The second-order valence-electron chi connectivity index (χ2n) is 4.98. The molecule has 2 N–H and O–H groups in total. The molecule has 2 rings (SSSR count). The van der Waals surface area contributed by atoms with Gasteiger partial charge in [-0.05, 0) is 18.1 Å². The minimum absolute atomic E-state index is 0.00807. The Bertz CT molecular complexity index is 633. The number of carbonyl (C=O) groups excluding carboxylic acids is 1. The SMILES string of the molecule is CCc1occc1C(=O)NC(CCC(=O)O)c1ccccc1. The van der Waals surface area contributed by atoms with Gasteiger partial charge in [-0.25, -0.2) is 0 Å². The summed E-state index contributed by atoms with van der Waals surface area (Å²) >= 11 is 0. The van der Waals surface area contributed by atoms with Crippen molar-refractivity contribution in [3.63, 3.8) is 0 Å². The summed E-state index contributed by atoms with van der Waals surface area (Å²) < 4.78 is 5.27. The summed E-state index contributed by atoms with van der Waals surface area (Å²) in [6, 6.07) is 10.7. The molecule has 1 aromatic heterocycles. The van der Waals surface area contributed by atoms with Crippen LogP contribution in [-0.2, 0) is 11.2 Å². The van der Waals surface area contributed by atoms with Crippen molar-refractivity contribution in [1.29, 1.82) is 0 Å². The predicted octanol–water partition coefficient (Wildman–Crippen LogP) is 3.18. The Labute approximate surface area is 129 Å². The number of amides is 1. The molecule has 0 aliphatic carbocycles. The van der Waals surface area contributed by atoms with E-state index < -0.39 is 5.97 Å². The quantitative estimate of drug-likeness (QED) is 0.823. The number of benzene rings is 1. The smallest absolute Gasteiger partial charge is 0.303 e. The maximum absolute atomic E-state index is 12.4. The van der Waals surface area contributed by atoms with Crippen LogP contribution in [0.25, 0.3) is 0 Å². The number of furan rings is 1. The Morgan fingerprint density at radius 2 is 1.95 bits per heavy atom. The number of carbonyl (C=O) groups is 2. The van der Waals surface area contributed by atoms with Crippen LogP contribution in [0, 0.1) is 0 Å². The third-order valence-electron chi connectivity index (χ3n) is 3.47. The molecule has 0 saturated carbocycles. The van der Waals surface area contributed by atoms with Crippen molar-refractivity contribution in [3.8, 4) is 0 Å². The zero-order valence-corrected chi connectivity index (χ0v) is 12.4. The maximum Gasteiger partial charge on any atom is 0.303 e. The lowest BCUT2D eigenvalue weighted by Gasteiger charge is -2.18. The molecule has 0 aliphatic rings. The van der Waals surface area contributed by atoms with Gasteiger partial charge in [0.05, 0.1) is 17.9 Å². The molecule has 0 saturated heterocycles. The molecule has 1 atom stereocenters. The van der Waals surface area contributed by atoms with Crippen LogP contribution >= 0.6 is 0 Å². The molecule has 116 valence electrons. The van der Waals surface area contributed by atoms with Crippen LogP contribution in [0.1, 0.15) is 47.5 Å². The molecule has 5 heteroatoms. The number of hydrogen-bond donors (Lipinski definition) is 2. The first-order valence-electron chi connectivity index (χ1n) is 7.25. The van der Waals surface area contributed by atoms with Crippen molar-refractivity contribution in [2.45, 2.75) is 32.2 Å². The molecule has 1 heterocycles. The monoisotopic (exact) mass is 301 g/mol. The number of nitrogens with one attached hydrogen (secondary N) is 1. The highest BCUT2D eigenvalue weighted by Crippen LogP contribution is 2.20. The number of aliphatic carboxylic acids is 1. The zero-order valence-electron chi connectivity index (χ0n) is 12.4. The van der Waals surface area contributed by atoms with Crippen LogP contribution in [-0.4, -0.2) is 17.0 Å². The minimum atomic E-state index is -0.882. The summed E-state index contributed by atoms with van der Waals surface area (Å²) in [5.41, 5.74) is 1.39. The van der Waals surface area contributed by atoms with Crippen molar-refractivity contribution < 1.29 is 19.1 Å². The maximum atomic E-state index is 12.4. The predicted molar refractivity (Wildman–Crippen MR) is 81.6 cm³/mol. The summed E-state index contributed by atoms with van der Waals surface area (Å²) in [5.74, 6) is -0.500. The molecule has 0 aliphatic heterocycles. The first-order chi connectivity index (χ1) is 10.6. The van der Waals surface area contributed by atoms with Gasteiger partial charge in [0.25, 0.3) is 5.91 Å².